The number of hydrogen-bond donors (Lipinski definition) is 2. The lowest BCUT2D eigenvalue weighted by Crippen LogP contribution is -2.36. The Kier molecular flexibility index (Phi) is 8.04. The van der Waals surface area contributed by atoms with Crippen molar-refractivity contribution in [3.05, 3.63) is 0 Å². The normalized spacial score (nSPS) is 14.4. The number of rotatable bonds is 8. The van der Waals surface area contributed by atoms with Crippen molar-refractivity contribution in [3.8, 4) is 0 Å². The first-order chi connectivity index (χ1) is 7.88. The molecular weight excluding hydrogens is 238 g/mol. The largest absolute Gasteiger partial charge is 0.480 e. The van der Waals surface area contributed by atoms with Crippen LogP contribution in [0.3, 0.4) is 0 Å². The number of hydrogen-bond acceptors (Lipinski definition) is 3. The highest BCUT2D eigenvalue weighted by Gasteiger charge is 2.21. The summed E-state index contributed by atoms with van der Waals surface area (Å²) in [5.74, 6) is -0.682. The van der Waals surface area contributed by atoms with Crippen LogP contribution in [-0.2, 0) is 9.59 Å². The molecule has 2 N–H and O–H groups in total. The number of carbonyl (C=O) groups is 2. The van der Waals surface area contributed by atoms with Gasteiger partial charge in [-0.25, -0.2) is 0 Å². The minimum Gasteiger partial charge on any atom is -0.480 e. The number of amides is 1. The Balaban J connectivity index is 4.15. The van der Waals surface area contributed by atoms with Gasteiger partial charge in [0.15, 0.2) is 0 Å². The Hall–Kier alpha value is -0.710. The molecule has 0 aliphatic heterocycles. The topological polar surface area (TPSA) is 66.4 Å². The highest BCUT2D eigenvalue weighted by atomic mass is 32.2. The second-order valence-electron chi connectivity index (χ2n) is 4.46. The molecule has 0 bridgehead atoms. The van der Waals surface area contributed by atoms with Gasteiger partial charge in [-0.05, 0) is 19.3 Å². The SMILES string of the molecule is CCCC(SC(C)C(=O)NCC(=O)O)C(C)C. The van der Waals surface area contributed by atoms with Gasteiger partial charge in [0, 0.05) is 5.25 Å². The maximum Gasteiger partial charge on any atom is 0.322 e. The molecule has 0 aromatic carbocycles. The van der Waals surface area contributed by atoms with Gasteiger partial charge in [0.05, 0.1) is 5.25 Å². The van der Waals surface area contributed by atoms with E-state index in [0.29, 0.717) is 11.2 Å². The fourth-order valence-electron chi connectivity index (χ4n) is 1.47. The van der Waals surface area contributed by atoms with Crippen molar-refractivity contribution in [1.82, 2.24) is 5.32 Å². The van der Waals surface area contributed by atoms with Gasteiger partial charge in [0.1, 0.15) is 6.54 Å². The van der Waals surface area contributed by atoms with E-state index < -0.39 is 5.97 Å². The molecule has 0 radical (unpaired) electrons. The molecule has 0 saturated carbocycles. The summed E-state index contributed by atoms with van der Waals surface area (Å²) in [6.45, 7) is 7.95. The van der Waals surface area contributed by atoms with Gasteiger partial charge in [-0.1, -0.05) is 27.2 Å². The fourth-order valence-corrected chi connectivity index (χ4v) is 2.89. The van der Waals surface area contributed by atoms with Gasteiger partial charge in [-0.3, -0.25) is 9.59 Å². The molecule has 100 valence electrons. The van der Waals surface area contributed by atoms with Gasteiger partial charge in [-0.2, -0.15) is 0 Å². The molecule has 0 aromatic heterocycles. The highest BCUT2D eigenvalue weighted by Crippen LogP contribution is 2.27. The molecule has 2 unspecified atom stereocenters. The summed E-state index contributed by atoms with van der Waals surface area (Å²) in [7, 11) is 0. The summed E-state index contributed by atoms with van der Waals surface area (Å²) in [4.78, 5) is 22.0. The number of carboxylic acids is 1. The van der Waals surface area contributed by atoms with Gasteiger partial charge in [0.2, 0.25) is 5.91 Å². The van der Waals surface area contributed by atoms with Crippen LogP contribution in [0.15, 0.2) is 0 Å². The molecule has 1 amide bonds. The lowest BCUT2D eigenvalue weighted by molar-refractivity contribution is -0.137. The highest BCUT2D eigenvalue weighted by molar-refractivity contribution is 8.01. The third-order valence-electron chi connectivity index (χ3n) is 2.48. The molecule has 0 aliphatic carbocycles. The van der Waals surface area contributed by atoms with Crippen molar-refractivity contribution >= 4 is 23.6 Å². The summed E-state index contributed by atoms with van der Waals surface area (Å²) < 4.78 is 0. The summed E-state index contributed by atoms with van der Waals surface area (Å²) in [6.07, 6.45) is 2.18. The molecule has 0 saturated heterocycles. The minimum absolute atomic E-state index is 0.195. The Morgan fingerprint density at radius 2 is 1.88 bits per heavy atom. The number of nitrogens with one attached hydrogen (secondary N) is 1. The lowest BCUT2D eigenvalue weighted by Gasteiger charge is -2.23. The monoisotopic (exact) mass is 261 g/mol. The first-order valence-corrected chi connectivity index (χ1v) is 6.97. The number of thioether (sulfide) groups is 1. The first-order valence-electron chi connectivity index (χ1n) is 6.03. The van der Waals surface area contributed by atoms with Crippen LogP contribution in [0, 0.1) is 5.92 Å². The molecule has 0 heterocycles. The Morgan fingerprint density at radius 3 is 2.29 bits per heavy atom. The third kappa shape index (κ3) is 7.26. The van der Waals surface area contributed by atoms with E-state index in [1.807, 2.05) is 6.92 Å². The van der Waals surface area contributed by atoms with Crippen molar-refractivity contribution in [3.63, 3.8) is 0 Å². The van der Waals surface area contributed by atoms with Gasteiger partial charge >= 0.3 is 5.97 Å². The average Bonchev–Trinajstić information content (AvgIpc) is 2.24. The molecule has 0 rings (SSSR count). The molecule has 0 fully saturated rings. The Labute approximate surface area is 108 Å². The molecule has 17 heavy (non-hydrogen) atoms. The van der Waals surface area contributed by atoms with Crippen LogP contribution in [0.5, 0.6) is 0 Å². The fraction of sp³-hybridized carbons (Fsp3) is 0.833. The van der Waals surface area contributed by atoms with Crippen LogP contribution in [0.2, 0.25) is 0 Å². The molecule has 5 heteroatoms. The van der Waals surface area contributed by atoms with Crippen molar-refractivity contribution in [2.75, 3.05) is 6.54 Å². The second kappa shape index (κ2) is 8.39. The van der Waals surface area contributed by atoms with E-state index in [9.17, 15) is 9.59 Å². The van der Waals surface area contributed by atoms with E-state index in [4.69, 9.17) is 5.11 Å². The zero-order valence-corrected chi connectivity index (χ0v) is 11.8. The average molecular weight is 261 g/mol. The molecule has 2 atom stereocenters. The van der Waals surface area contributed by atoms with Crippen molar-refractivity contribution in [2.45, 2.75) is 51.0 Å². The Bertz CT molecular complexity index is 256. The van der Waals surface area contributed by atoms with Gasteiger partial charge < -0.3 is 10.4 Å². The van der Waals surface area contributed by atoms with Crippen molar-refractivity contribution < 1.29 is 14.7 Å². The van der Waals surface area contributed by atoms with E-state index >= 15 is 0 Å². The predicted molar refractivity (Wildman–Crippen MR) is 71.2 cm³/mol. The number of aliphatic carboxylic acids is 1. The maximum absolute atomic E-state index is 11.6. The van der Waals surface area contributed by atoms with E-state index in [2.05, 4.69) is 26.1 Å². The minimum atomic E-state index is -1.01. The van der Waals surface area contributed by atoms with Gasteiger partial charge in [-0.15, -0.1) is 11.8 Å². The first kappa shape index (κ1) is 16.3. The van der Waals surface area contributed by atoms with Crippen LogP contribution in [0.25, 0.3) is 0 Å². The van der Waals surface area contributed by atoms with Crippen LogP contribution in [0.1, 0.15) is 40.5 Å². The van der Waals surface area contributed by atoms with E-state index in [1.165, 1.54) is 0 Å². The summed E-state index contributed by atoms with van der Waals surface area (Å²) in [5.41, 5.74) is 0. The van der Waals surface area contributed by atoms with Gasteiger partial charge in [0.25, 0.3) is 0 Å². The zero-order chi connectivity index (χ0) is 13.4. The number of carbonyl (C=O) groups excluding carboxylic acids is 1. The van der Waals surface area contributed by atoms with Crippen LogP contribution >= 0.6 is 11.8 Å². The summed E-state index contributed by atoms with van der Waals surface area (Å²) in [6, 6.07) is 0. The summed E-state index contributed by atoms with van der Waals surface area (Å²) >= 11 is 1.63. The zero-order valence-electron chi connectivity index (χ0n) is 11.0. The van der Waals surface area contributed by atoms with Crippen LogP contribution in [0.4, 0.5) is 0 Å². The molecule has 0 aromatic rings. The summed E-state index contributed by atoms with van der Waals surface area (Å²) in [5, 5.41) is 11.1. The predicted octanol–water partition coefficient (Wildman–Crippen LogP) is 2.13. The Morgan fingerprint density at radius 1 is 1.29 bits per heavy atom. The smallest absolute Gasteiger partial charge is 0.322 e. The van der Waals surface area contributed by atoms with Crippen molar-refractivity contribution in [2.24, 2.45) is 5.92 Å². The van der Waals surface area contributed by atoms with Crippen LogP contribution in [-0.4, -0.2) is 34.0 Å². The molecule has 0 aliphatic rings. The molecular formula is C12H23NO3S. The number of carboxylic acid groups (broad SMARTS) is 1. The second-order valence-corrected chi connectivity index (χ2v) is 6.05. The van der Waals surface area contributed by atoms with Crippen molar-refractivity contribution in [1.29, 1.82) is 0 Å². The van der Waals surface area contributed by atoms with Crippen LogP contribution < -0.4 is 5.32 Å². The quantitative estimate of drug-likeness (QED) is 0.702. The van der Waals surface area contributed by atoms with E-state index in [0.717, 1.165) is 12.8 Å². The lowest BCUT2D eigenvalue weighted by atomic mass is 10.1. The van der Waals surface area contributed by atoms with E-state index in [1.54, 1.807) is 11.8 Å². The third-order valence-corrected chi connectivity index (χ3v) is 4.23. The standard InChI is InChI=1S/C12H23NO3S/c1-5-6-10(8(2)3)17-9(4)12(16)13-7-11(14)15/h8-10H,5-7H2,1-4H3,(H,13,16)(H,14,15). The maximum atomic E-state index is 11.6. The van der Waals surface area contributed by atoms with E-state index in [-0.39, 0.29) is 17.7 Å². The molecule has 0 spiro atoms. The molecule has 4 nitrogen and oxygen atoms in total.